The molecule has 0 aliphatic carbocycles. The standard InChI is InChI=1S/C18H24F3N3O3/c1-11(22-16(26)27-17(2,3)4)12-5-7-14(8-6-12)24-9-13(10-24)23-15(25)18(19,20)21/h5-8,11,13H,9-10H2,1-4H3,(H,22,26)(H,23,25)/t11-/m0/s1. The van der Waals surface area contributed by atoms with Crippen molar-refractivity contribution in [3.8, 4) is 0 Å². The second-order valence-electron chi connectivity index (χ2n) is 7.53. The van der Waals surface area contributed by atoms with Crippen molar-refractivity contribution in [2.24, 2.45) is 0 Å². The fraction of sp³-hybridized carbons (Fsp3) is 0.556. The molecular formula is C18H24F3N3O3. The number of alkyl halides is 3. The second kappa shape index (κ2) is 7.66. The van der Waals surface area contributed by atoms with E-state index < -0.39 is 29.8 Å². The molecule has 0 radical (unpaired) electrons. The fourth-order valence-corrected chi connectivity index (χ4v) is 2.59. The van der Waals surface area contributed by atoms with Gasteiger partial charge in [0, 0.05) is 18.8 Å². The van der Waals surface area contributed by atoms with Crippen LogP contribution in [-0.2, 0) is 9.53 Å². The lowest BCUT2D eigenvalue weighted by atomic mass is 10.0. The van der Waals surface area contributed by atoms with Gasteiger partial charge in [-0.3, -0.25) is 4.79 Å². The van der Waals surface area contributed by atoms with E-state index in [0.717, 1.165) is 11.3 Å². The zero-order valence-corrected chi connectivity index (χ0v) is 15.7. The molecule has 2 N–H and O–H groups in total. The first-order valence-electron chi connectivity index (χ1n) is 8.57. The Hall–Kier alpha value is -2.45. The Morgan fingerprint density at radius 1 is 1.15 bits per heavy atom. The highest BCUT2D eigenvalue weighted by Crippen LogP contribution is 2.24. The van der Waals surface area contributed by atoms with Crippen LogP contribution in [0.5, 0.6) is 0 Å². The summed E-state index contributed by atoms with van der Waals surface area (Å²) in [7, 11) is 0. The minimum Gasteiger partial charge on any atom is -0.444 e. The quantitative estimate of drug-likeness (QED) is 0.833. The monoisotopic (exact) mass is 387 g/mol. The van der Waals surface area contributed by atoms with Gasteiger partial charge in [0.15, 0.2) is 0 Å². The van der Waals surface area contributed by atoms with Crippen molar-refractivity contribution in [2.45, 2.75) is 51.6 Å². The van der Waals surface area contributed by atoms with Crippen molar-refractivity contribution >= 4 is 17.7 Å². The number of hydrogen-bond donors (Lipinski definition) is 2. The van der Waals surface area contributed by atoms with Gasteiger partial charge in [-0.25, -0.2) is 4.79 Å². The number of anilines is 1. The molecule has 1 aliphatic heterocycles. The SMILES string of the molecule is C[C@H](NC(=O)OC(C)(C)C)c1ccc(N2CC(NC(=O)C(F)(F)F)C2)cc1. The van der Waals surface area contributed by atoms with Crippen LogP contribution >= 0.6 is 0 Å². The largest absolute Gasteiger partial charge is 0.471 e. The van der Waals surface area contributed by atoms with Crippen LogP contribution in [0.4, 0.5) is 23.7 Å². The Balaban J connectivity index is 1.84. The number of hydrogen-bond acceptors (Lipinski definition) is 4. The summed E-state index contributed by atoms with van der Waals surface area (Å²) in [6.45, 7) is 7.79. The van der Waals surface area contributed by atoms with Crippen LogP contribution in [0.25, 0.3) is 0 Å². The van der Waals surface area contributed by atoms with Gasteiger partial charge in [0.25, 0.3) is 0 Å². The van der Waals surface area contributed by atoms with E-state index in [9.17, 15) is 22.8 Å². The Kier molecular flexibility index (Phi) is 5.91. The van der Waals surface area contributed by atoms with E-state index in [0.29, 0.717) is 13.1 Å². The molecule has 27 heavy (non-hydrogen) atoms. The summed E-state index contributed by atoms with van der Waals surface area (Å²) in [5.41, 5.74) is 1.12. The number of nitrogens with one attached hydrogen (secondary N) is 2. The minimum absolute atomic E-state index is 0.260. The van der Waals surface area contributed by atoms with Crippen molar-refractivity contribution in [2.75, 3.05) is 18.0 Å². The molecule has 2 amide bonds. The smallest absolute Gasteiger partial charge is 0.444 e. The maximum atomic E-state index is 12.2. The molecule has 1 saturated heterocycles. The van der Waals surface area contributed by atoms with E-state index in [-0.39, 0.29) is 6.04 Å². The molecule has 1 aromatic rings. The number of benzene rings is 1. The number of amides is 2. The average molecular weight is 387 g/mol. The van der Waals surface area contributed by atoms with Crippen LogP contribution in [0.3, 0.4) is 0 Å². The van der Waals surface area contributed by atoms with Gasteiger partial charge in [0.1, 0.15) is 5.60 Å². The summed E-state index contributed by atoms with van der Waals surface area (Å²) in [6.07, 6.45) is -5.37. The van der Waals surface area contributed by atoms with Gasteiger partial charge >= 0.3 is 18.2 Å². The Morgan fingerprint density at radius 3 is 2.19 bits per heavy atom. The van der Waals surface area contributed by atoms with Gasteiger partial charge < -0.3 is 20.3 Å². The molecule has 150 valence electrons. The third-order valence-corrected chi connectivity index (χ3v) is 3.97. The normalized spacial score (nSPS) is 16.3. The zero-order chi connectivity index (χ0) is 20.4. The second-order valence-corrected chi connectivity index (χ2v) is 7.53. The fourth-order valence-electron chi connectivity index (χ4n) is 2.59. The molecule has 0 bridgehead atoms. The maximum absolute atomic E-state index is 12.2. The summed E-state index contributed by atoms with van der Waals surface area (Å²) in [4.78, 5) is 24.6. The lowest BCUT2D eigenvalue weighted by Gasteiger charge is -2.41. The van der Waals surface area contributed by atoms with Gasteiger partial charge in [-0.15, -0.1) is 0 Å². The molecule has 2 rings (SSSR count). The van der Waals surface area contributed by atoms with Gasteiger partial charge in [0.05, 0.1) is 12.1 Å². The number of halogens is 3. The van der Waals surface area contributed by atoms with E-state index in [1.807, 2.05) is 41.4 Å². The third kappa shape index (κ3) is 6.04. The molecule has 1 aromatic carbocycles. The minimum atomic E-state index is -4.86. The highest BCUT2D eigenvalue weighted by atomic mass is 19.4. The van der Waals surface area contributed by atoms with Gasteiger partial charge in [-0.2, -0.15) is 13.2 Å². The summed E-state index contributed by atoms with van der Waals surface area (Å²) in [6, 6.07) is 6.53. The van der Waals surface area contributed by atoms with Crippen LogP contribution in [-0.4, -0.2) is 42.9 Å². The Bertz CT molecular complexity index is 678. The summed E-state index contributed by atoms with van der Waals surface area (Å²) >= 11 is 0. The molecule has 6 nitrogen and oxygen atoms in total. The van der Waals surface area contributed by atoms with E-state index in [1.165, 1.54) is 0 Å². The van der Waals surface area contributed by atoms with Crippen LogP contribution in [0.2, 0.25) is 0 Å². The van der Waals surface area contributed by atoms with E-state index in [4.69, 9.17) is 4.74 Å². The molecular weight excluding hydrogens is 363 g/mol. The average Bonchev–Trinajstić information content (AvgIpc) is 2.47. The predicted molar refractivity (Wildman–Crippen MR) is 94.4 cm³/mol. The number of carbonyl (C=O) groups is 2. The molecule has 1 aliphatic rings. The zero-order valence-electron chi connectivity index (χ0n) is 15.7. The van der Waals surface area contributed by atoms with Gasteiger partial charge in [-0.05, 0) is 45.4 Å². The lowest BCUT2D eigenvalue weighted by molar-refractivity contribution is -0.174. The van der Waals surface area contributed by atoms with Crippen molar-refractivity contribution in [3.05, 3.63) is 29.8 Å². The number of rotatable bonds is 4. The topological polar surface area (TPSA) is 70.7 Å². The number of nitrogens with zero attached hydrogens (tertiary/aromatic N) is 1. The van der Waals surface area contributed by atoms with Crippen molar-refractivity contribution in [1.29, 1.82) is 0 Å². The van der Waals surface area contributed by atoms with E-state index in [1.54, 1.807) is 20.8 Å². The molecule has 0 saturated carbocycles. The summed E-state index contributed by atoms with van der Waals surface area (Å²) in [5, 5.41) is 4.70. The third-order valence-electron chi connectivity index (χ3n) is 3.97. The molecule has 1 fully saturated rings. The highest BCUT2D eigenvalue weighted by molar-refractivity contribution is 5.82. The number of alkyl carbamates (subject to hydrolysis) is 1. The summed E-state index contributed by atoms with van der Waals surface area (Å²) < 4.78 is 41.9. The van der Waals surface area contributed by atoms with Crippen LogP contribution in [0.15, 0.2) is 24.3 Å². The number of ether oxygens (including phenoxy) is 1. The summed E-state index contributed by atoms with van der Waals surface area (Å²) in [5.74, 6) is -1.91. The first-order valence-corrected chi connectivity index (χ1v) is 8.57. The van der Waals surface area contributed by atoms with Crippen LogP contribution in [0, 0.1) is 0 Å². The van der Waals surface area contributed by atoms with Crippen molar-refractivity contribution in [1.82, 2.24) is 10.6 Å². The molecule has 0 spiro atoms. The molecule has 0 aromatic heterocycles. The first-order chi connectivity index (χ1) is 12.3. The van der Waals surface area contributed by atoms with Gasteiger partial charge in [0.2, 0.25) is 0 Å². The maximum Gasteiger partial charge on any atom is 0.471 e. The molecule has 1 heterocycles. The number of carbonyl (C=O) groups excluding carboxylic acids is 2. The van der Waals surface area contributed by atoms with Crippen molar-refractivity contribution < 1.29 is 27.5 Å². The van der Waals surface area contributed by atoms with Crippen LogP contribution < -0.4 is 15.5 Å². The van der Waals surface area contributed by atoms with E-state index in [2.05, 4.69) is 5.32 Å². The first kappa shape index (κ1) is 20.9. The van der Waals surface area contributed by atoms with Gasteiger partial charge in [-0.1, -0.05) is 12.1 Å². The Morgan fingerprint density at radius 2 is 1.70 bits per heavy atom. The van der Waals surface area contributed by atoms with Crippen LogP contribution in [0.1, 0.15) is 39.3 Å². The molecule has 0 unspecified atom stereocenters. The predicted octanol–water partition coefficient (Wildman–Crippen LogP) is 3.14. The highest BCUT2D eigenvalue weighted by Gasteiger charge is 2.41. The van der Waals surface area contributed by atoms with Crippen molar-refractivity contribution in [3.63, 3.8) is 0 Å². The Labute approximate surface area is 156 Å². The molecule has 9 heteroatoms. The van der Waals surface area contributed by atoms with E-state index >= 15 is 0 Å². The lowest BCUT2D eigenvalue weighted by Crippen LogP contribution is -2.61. The molecule has 1 atom stereocenters.